The number of nitrogen functional groups attached to an aromatic ring is 1. The Bertz CT molecular complexity index is 1020. The molecule has 0 spiro atoms. The highest BCUT2D eigenvalue weighted by Crippen LogP contribution is 2.24. The molecule has 0 unspecified atom stereocenters. The molecule has 0 bridgehead atoms. The van der Waals surface area contributed by atoms with Gasteiger partial charge in [0.05, 0.1) is 5.60 Å². The Labute approximate surface area is 170 Å². The minimum atomic E-state index is -3.71. The first-order valence-electron chi connectivity index (χ1n) is 9.08. The van der Waals surface area contributed by atoms with Crippen LogP contribution in [0.4, 0.5) is 11.8 Å². The number of aromatic nitrogens is 3. The number of nitrogens with zero attached hydrogens (tertiary/aromatic N) is 5. The van der Waals surface area contributed by atoms with Crippen molar-refractivity contribution >= 4 is 21.8 Å². The third-order valence-electron chi connectivity index (χ3n) is 4.65. The van der Waals surface area contributed by atoms with Crippen LogP contribution in [0.1, 0.15) is 26.3 Å². The average molecular weight is 417 g/mol. The van der Waals surface area contributed by atoms with Gasteiger partial charge in [0.15, 0.2) is 0 Å². The van der Waals surface area contributed by atoms with Crippen LogP contribution in [0, 0.1) is 11.8 Å². The van der Waals surface area contributed by atoms with Crippen LogP contribution in [-0.4, -0.2) is 58.5 Å². The summed E-state index contributed by atoms with van der Waals surface area (Å²) in [4.78, 5) is 14.5. The lowest BCUT2D eigenvalue weighted by Gasteiger charge is -2.38. The first kappa shape index (κ1) is 21.0. The van der Waals surface area contributed by atoms with Gasteiger partial charge in [-0.3, -0.25) is 0 Å². The minimum absolute atomic E-state index is 0.0918. The fourth-order valence-corrected chi connectivity index (χ4v) is 4.37. The number of hydrogen-bond acceptors (Lipinski definition) is 8. The van der Waals surface area contributed by atoms with Crippen LogP contribution in [0.25, 0.3) is 0 Å². The summed E-state index contributed by atoms with van der Waals surface area (Å²) in [6, 6.07) is 2.51. The van der Waals surface area contributed by atoms with Gasteiger partial charge in [0, 0.05) is 43.8 Å². The van der Waals surface area contributed by atoms with Gasteiger partial charge in [0.25, 0.3) is 0 Å². The summed E-state index contributed by atoms with van der Waals surface area (Å²) in [5.41, 5.74) is 5.11. The summed E-state index contributed by atoms with van der Waals surface area (Å²) in [6.45, 7) is 5.82. The van der Waals surface area contributed by atoms with Crippen molar-refractivity contribution in [1.82, 2.24) is 19.3 Å². The van der Waals surface area contributed by atoms with Gasteiger partial charge in [-0.15, -0.1) is 5.92 Å². The van der Waals surface area contributed by atoms with Crippen molar-refractivity contribution in [3.05, 3.63) is 36.3 Å². The average Bonchev–Trinajstić information content (AvgIpc) is 2.68. The van der Waals surface area contributed by atoms with E-state index in [4.69, 9.17) is 5.73 Å². The lowest BCUT2D eigenvalue weighted by Crippen LogP contribution is -2.54. The van der Waals surface area contributed by atoms with Gasteiger partial charge in [0.2, 0.25) is 16.0 Å². The Morgan fingerprint density at radius 2 is 1.86 bits per heavy atom. The Kier molecular flexibility index (Phi) is 5.75. The monoisotopic (exact) mass is 416 g/mol. The van der Waals surface area contributed by atoms with E-state index in [9.17, 15) is 13.5 Å². The van der Waals surface area contributed by atoms with E-state index in [-0.39, 0.29) is 23.8 Å². The van der Waals surface area contributed by atoms with Crippen molar-refractivity contribution in [3.8, 4) is 11.8 Å². The molecule has 2 aromatic rings. The van der Waals surface area contributed by atoms with E-state index in [0.29, 0.717) is 18.1 Å². The largest absolute Gasteiger partial charge is 0.386 e. The number of hydrogen-bond donors (Lipinski definition) is 2. The highest BCUT2D eigenvalue weighted by atomic mass is 32.2. The van der Waals surface area contributed by atoms with Crippen molar-refractivity contribution in [1.29, 1.82) is 0 Å². The van der Waals surface area contributed by atoms with Gasteiger partial charge < -0.3 is 15.7 Å². The Morgan fingerprint density at radius 1 is 1.17 bits per heavy atom. The second-order valence-electron chi connectivity index (χ2n) is 7.22. The summed E-state index contributed by atoms with van der Waals surface area (Å²) in [5.74, 6) is 6.60. The van der Waals surface area contributed by atoms with Crippen molar-refractivity contribution in [3.63, 3.8) is 0 Å². The van der Waals surface area contributed by atoms with Crippen molar-refractivity contribution in [2.45, 2.75) is 37.3 Å². The lowest BCUT2D eigenvalue weighted by atomic mass is 10.0. The van der Waals surface area contributed by atoms with Gasteiger partial charge in [-0.05, 0) is 32.9 Å². The lowest BCUT2D eigenvalue weighted by molar-refractivity contribution is 0.0778. The summed E-state index contributed by atoms with van der Waals surface area (Å²) >= 11 is 0. The topological polar surface area (TPSA) is 126 Å². The molecule has 3 heterocycles. The zero-order chi connectivity index (χ0) is 21.2. The molecule has 2 aromatic heterocycles. The van der Waals surface area contributed by atoms with E-state index in [1.165, 1.54) is 22.6 Å². The number of pyridine rings is 1. The van der Waals surface area contributed by atoms with E-state index in [1.807, 2.05) is 4.90 Å². The second kappa shape index (κ2) is 7.94. The fraction of sp³-hybridized carbons (Fsp3) is 0.421. The zero-order valence-corrected chi connectivity index (χ0v) is 17.4. The van der Waals surface area contributed by atoms with Crippen molar-refractivity contribution in [2.24, 2.45) is 0 Å². The van der Waals surface area contributed by atoms with Crippen LogP contribution >= 0.6 is 0 Å². The van der Waals surface area contributed by atoms with Crippen LogP contribution in [0.15, 0.2) is 35.6 Å². The molecule has 1 atom stereocenters. The molecule has 0 radical (unpaired) electrons. The zero-order valence-electron chi connectivity index (χ0n) is 16.6. The Morgan fingerprint density at radius 3 is 2.41 bits per heavy atom. The van der Waals surface area contributed by atoms with Gasteiger partial charge >= 0.3 is 0 Å². The van der Waals surface area contributed by atoms with E-state index in [1.54, 1.807) is 33.2 Å². The highest BCUT2D eigenvalue weighted by molar-refractivity contribution is 7.89. The SMILES string of the molecule is CC#C[C@@H]1CN(S(=O)(=O)c2ccc(N)nc2)CCN1c1ncc(C(C)(C)O)cn1. The van der Waals surface area contributed by atoms with Crippen LogP contribution in [0.2, 0.25) is 0 Å². The van der Waals surface area contributed by atoms with E-state index < -0.39 is 21.7 Å². The van der Waals surface area contributed by atoms with E-state index >= 15 is 0 Å². The quantitative estimate of drug-likeness (QED) is 0.694. The molecule has 3 rings (SSSR count). The predicted octanol–water partition coefficient (Wildman–Crippen LogP) is 0.584. The van der Waals surface area contributed by atoms with Crippen LogP contribution < -0.4 is 10.6 Å². The standard InChI is InChI=1S/C19H24N6O3S/c1-4-5-15-13-24(29(27,28)16-6-7-17(20)21-12-16)8-9-25(15)18-22-10-14(11-23-18)19(2,3)26/h6-7,10-12,15,26H,8-9,13H2,1-3H3,(H2,20,21)/t15-/m1/s1. The third kappa shape index (κ3) is 4.48. The molecule has 1 aliphatic heterocycles. The minimum Gasteiger partial charge on any atom is -0.386 e. The summed E-state index contributed by atoms with van der Waals surface area (Å²) in [6.07, 6.45) is 4.40. The molecule has 9 nitrogen and oxygen atoms in total. The van der Waals surface area contributed by atoms with Crippen molar-refractivity contribution < 1.29 is 13.5 Å². The smallest absolute Gasteiger partial charge is 0.244 e. The number of anilines is 2. The highest BCUT2D eigenvalue weighted by Gasteiger charge is 2.35. The molecule has 0 aromatic carbocycles. The normalized spacial score (nSPS) is 18.2. The molecule has 29 heavy (non-hydrogen) atoms. The molecule has 0 amide bonds. The Balaban J connectivity index is 1.84. The second-order valence-corrected chi connectivity index (χ2v) is 9.15. The third-order valence-corrected chi connectivity index (χ3v) is 6.50. The molecular weight excluding hydrogens is 392 g/mol. The first-order chi connectivity index (χ1) is 13.6. The maximum atomic E-state index is 13.0. The molecule has 154 valence electrons. The fourth-order valence-electron chi connectivity index (χ4n) is 2.98. The van der Waals surface area contributed by atoms with Gasteiger partial charge in [-0.25, -0.2) is 23.4 Å². The van der Waals surface area contributed by atoms with Gasteiger partial charge in [-0.1, -0.05) is 5.92 Å². The Hall–Kier alpha value is -2.74. The molecule has 10 heteroatoms. The summed E-state index contributed by atoms with van der Waals surface area (Å²) < 4.78 is 27.3. The van der Waals surface area contributed by atoms with Crippen molar-refractivity contribution in [2.75, 3.05) is 30.3 Å². The number of piperazine rings is 1. The van der Waals surface area contributed by atoms with Gasteiger partial charge in [0.1, 0.15) is 16.8 Å². The summed E-state index contributed by atoms with van der Waals surface area (Å²) in [7, 11) is -3.71. The molecular formula is C19H24N6O3S. The molecule has 0 aliphatic carbocycles. The predicted molar refractivity (Wildman–Crippen MR) is 109 cm³/mol. The number of nitrogens with two attached hydrogens (primary N) is 1. The number of sulfonamides is 1. The molecule has 0 saturated carbocycles. The molecule has 1 fully saturated rings. The number of aliphatic hydroxyl groups is 1. The maximum Gasteiger partial charge on any atom is 0.244 e. The molecule has 1 saturated heterocycles. The summed E-state index contributed by atoms with van der Waals surface area (Å²) in [5, 5.41) is 10.1. The van der Waals surface area contributed by atoms with E-state index in [2.05, 4.69) is 26.8 Å². The molecule has 1 aliphatic rings. The van der Waals surface area contributed by atoms with Crippen LogP contribution in [0.5, 0.6) is 0 Å². The molecule has 3 N–H and O–H groups in total. The van der Waals surface area contributed by atoms with Crippen LogP contribution in [-0.2, 0) is 15.6 Å². The van der Waals surface area contributed by atoms with Gasteiger partial charge in [-0.2, -0.15) is 4.31 Å². The maximum absolute atomic E-state index is 13.0. The first-order valence-corrected chi connectivity index (χ1v) is 10.5. The van der Waals surface area contributed by atoms with E-state index in [0.717, 1.165) is 0 Å². The van der Waals surface area contributed by atoms with Crippen LogP contribution in [0.3, 0.4) is 0 Å². The number of rotatable bonds is 4.